The fraction of sp³-hybridized carbons (Fsp3) is 1.00. The molecule has 0 radical (unpaired) electrons. The van der Waals surface area contributed by atoms with Crippen LogP contribution in [0.3, 0.4) is 0 Å². The van der Waals surface area contributed by atoms with Crippen molar-refractivity contribution in [3.8, 4) is 0 Å². The third-order valence-corrected chi connectivity index (χ3v) is 4.63. The van der Waals surface area contributed by atoms with Crippen LogP contribution in [0.1, 0.15) is 19.3 Å². The zero-order valence-corrected chi connectivity index (χ0v) is 11.2. The molecule has 0 spiro atoms. The van der Waals surface area contributed by atoms with Crippen molar-refractivity contribution in [1.82, 2.24) is 9.21 Å². The molecule has 1 aliphatic rings. The number of unbranched alkanes of at least 4 members (excludes halogenated alkanes) is 2. The van der Waals surface area contributed by atoms with Gasteiger partial charge in [0.25, 0.3) is 10.0 Å². The standard InChI is InChI=1S/C10H21F2N3O2S/c11-10(12)18(16,17)15-8-6-14(7-9-15)5-3-1-2-4-13/h10H,1-9,13H2. The van der Waals surface area contributed by atoms with Gasteiger partial charge in [0.15, 0.2) is 0 Å². The van der Waals surface area contributed by atoms with Crippen molar-refractivity contribution < 1.29 is 17.2 Å². The summed E-state index contributed by atoms with van der Waals surface area (Å²) in [5, 5.41) is 0. The SMILES string of the molecule is NCCCCCN1CCN(S(=O)(=O)C(F)F)CC1. The number of rotatable bonds is 7. The molecular weight excluding hydrogens is 264 g/mol. The van der Waals surface area contributed by atoms with Crippen molar-refractivity contribution >= 4 is 10.0 Å². The molecule has 0 unspecified atom stereocenters. The molecule has 1 aliphatic heterocycles. The monoisotopic (exact) mass is 285 g/mol. The summed E-state index contributed by atoms with van der Waals surface area (Å²) < 4.78 is 48.0. The molecule has 0 aromatic heterocycles. The van der Waals surface area contributed by atoms with Crippen LogP contribution in [0.5, 0.6) is 0 Å². The molecular formula is C10H21F2N3O2S. The zero-order valence-electron chi connectivity index (χ0n) is 10.4. The van der Waals surface area contributed by atoms with Gasteiger partial charge in [-0.1, -0.05) is 6.42 Å². The second-order valence-electron chi connectivity index (χ2n) is 4.40. The Kier molecular flexibility index (Phi) is 6.40. The second-order valence-corrected chi connectivity index (χ2v) is 6.30. The maximum Gasteiger partial charge on any atom is 0.350 e. The summed E-state index contributed by atoms with van der Waals surface area (Å²) in [4.78, 5) is 2.11. The van der Waals surface area contributed by atoms with E-state index in [0.717, 1.165) is 30.1 Å². The Morgan fingerprint density at radius 2 is 1.67 bits per heavy atom. The Bertz CT molecular complexity index is 330. The Morgan fingerprint density at radius 1 is 1.06 bits per heavy atom. The zero-order chi connectivity index (χ0) is 13.6. The first-order valence-corrected chi connectivity index (χ1v) is 7.68. The number of hydrogen-bond donors (Lipinski definition) is 1. The summed E-state index contributed by atoms with van der Waals surface area (Å²) in [7, 11) is -4.40. The summed E-state index contributed by atoms with van der Waals surface area (Å²) in [6.45, 7) is 2.92. The lowest BCUT2D eigenvalue weighted by molar-refractivity contribution is 0.168. The van der Waals surface area contributed by atoms with Crippen LogP contribution < -0.4 is 5.73 Å². The maximum absolute atomic E-state index is 12.3. The van der Waals surface area contributed by atoms with E-state index in [1.165, 1.54) is 0 Å². The molecule has 2 N–H and O–H groups in total. The number of piperazine rings is 1. The second kappa shape index (κ2) is 7.32. The smallest absolute Gasteiger partial charge is 0.330 e. The van der Waals surface area contributed by atoms with Gasteiger partial charge < -0.3 is 10.6 Å². The van der Waals surface area contributed by atoms with Gasteiger partial charge in [-0.15, -0.1) is 0 Å². The van der Waals surface area contributed by atoms with E-state index in [1.54, 1.807) is 0 Å². The van der Waals surface area contributed by atoms with Gasteiger partial charge in [-0.3, -0.25) is 0 Å². The van der Waals surface area contributed by atoms with Crippen molar-refractivity contribution in [3.05, 3.63) is 0 Å². The predicted molar refractivity (Wildman–Crippen MR) is 65.8 cm³/mol. The number of sulfonamides is 1. The minimum atomic E-state index is -4.40. The third kappa shape index (κ3) is 4.42. The van der Waals surface area contributed by atoms with Gasteiger partial charge in [0, 0.05) is 26.2 Å². The molecule has 5 nitrogen and oxygen atoms in total. The van der Waals surface area contributed by atoms with E-state index in [2.05, 4.69) is 4.90 Å². The van der Waals surface area contributed by atoms with Crippen LogP contribution in [0.15, 0.2) is 0 Å². The van der Waals surface area contributed by atoms with Crippen LogP contribution in [0.4, 0.5) is 8.78 Å². The lowest BCUT2D eigenvalue weighted by Gasteiger charge is -2.33. The first kappa shape index (κ1) is 15.7. The van der Waals surface area contributed by atoms with E-state index in [0.29, 0.717) is 19.6 Å². The number of alkyl halides is 2. The molecule has 0 aromatic carbocycles. The van der Waals surface area contributed by atoms with Gasteiger partial charge in [-0.05, 0) is 25.9 Å². The van der Waals surface area contributed by atoms with Crippen LogP contribution in [0.2, 0.25) is 0 Å². The van der Waals surface area contributed by atoms with Gasteiger partial charge in [0.1, 0.15) is 0 Å². The van der Waals surface area contributed by atoms with Crippen LogP contribution in [0, 0.1) is 0 Å². The van der Waals surface area contributed by atoms with Crippen LogP contribution >= 0.6 is 0 Å². The van der Waals surface area contributed by atoms with Crippen molar-refractivity contribution in [2.75, 3.05) is 39.3 Å². The molecule has 8 heteroatoms. The van der Waals surface area contributed by atoms with E-state index in [9.17, 15) is 17.2 Å². The van der Waals surface area contributed by atoms with Gasteiger partial charge >= 0.3 is 5.76 Å². The topological polar surface area (TPSA) is 66.6 Å². The van der Waals surface area contributed by atoms with Gasteiger partial charge in [0.2, 0.25) is 0 Å². The highest BCUT2D eigenvalue weighted by Crippen LogP contribution is 2.14. The summed E-state index contributed by atoms with van der Waals surface area (Å²) in [5.41, 5.74) is 5.38. The molecule has 1 fully saturated rings. The summed E-state index contributed by atoms with van der Waals surface area (Å²) in [6, 6.07) is 0. The lowest BCUT2D eigenvalue weighted by atomic mass is 10.2. The normalized spacial score (nSPS) is 19.6. The Hall–Kier alpha value is -0.310. The summed E-state index contributed by atoms with van der Waals surface area (Å²) in [5.74, 6) is -3.31. The van der Waals surface area contributed by atoms with Gasteiger partial charge in [0.05, 0.1) is 0 Å². The molecule has 108 valence electrons. The van der Waals surface area contributed by atoms with Crippen molar-refractivity contribution in [2.45, 2.75) is 25.0 Å². The van der Waals surface area contributed by atoms with E-state index in [-0.39, 0.29) is 13.1 Å². The number of halogens is 2. The van der Waals surface area contributed by atoms with E-state index in [4.69, 9.17) is 5.73 Å². The number of hydrogen-bond acceptors (Lipinski definition) is 4. The highest BCUT2D eigenvalue weighted by molar-refractivity contribution is 7.89. The molecule has 0 amide bonds. The highest BCUT2D eigenvalue weighted by Gasteiger charge is 2.33. The minimum Gasteiger partial charge on any atom is -0.330 e. The molecule has 18 heavy (non-hydrogen) atoms. The van der Waals surface area contributed by atoms with Crippen molar-refractivity contribution in [3.63, 3.8) is 0 Å². The van der Waals surface area contributed by atoms with Crippen LogP contribution in [-0.4, -0.2) is 62.6 Å². The molecule has 0 aliphatic carbocycles. The van der Waals surface area contributed by atoms with Crippen LogP contribution in [0.25, 0.3) is 0 Å². The maximum atomic E-state index is 12.3. The summed E-state index contributed by atoms with van der Waals surface area (Å²) >= 11 is 0. The Morgan fingerprint density at radius 3 is 2.17 bits per heavy atom. The molecule has 1 saturated heterocycles. The lowest BCUT2D eigenvalue weighted by Crippen LogP contribution is -2.50. The van der Waals surface area contributed by atoms with E-state index >= 15 is 0 Å². The van der Waals surface area contributed by atoms with Crippen LogP contribution in [-0.2, 0) is 10.0 Å². The summed E-state index contributed by atoms with van der Waals surface area (Å²) in [6.07, 6.45) is 3.05. The third-order valence-electron chi connectivity index (χ3n) is 3.09. The van der Waals surface area contributed by atoms with Crippen molar-refractivity contribution in [1.29, 1.82) is 0 Å². The molecule has 0 aromatic rings. The molecule has 1 heterocycles. The van der Waals surface area contributed by atoms with E-state index < -0.39 is 15.8 Å². The van der Waals surface area contributed by atoms with E-state index in [1.807, 2.05) is 0 Å². The molecule has 0 bridgehead atoms. The average molecular weight is 285 g/mol. The predicted octanol–water partition coefficient (Wildman–Crippen LogP) is 0.285. The number of nitrogens with zero attached hydrogens (tertiary/aromatic N) is 2. The first-order chi connectivity index (χ1) is 8.48. The van der Waals surface area contributed by atoms with Gasteiger partial charge in [-0.2, -0.15) is 13.1 Å². The van der Waals surface area contributed by atoms with Gasteiger partial charge in [-0.25, -0.2) is 8.42 Å². The molecule has 0 saturated carbocycles. The average Bonchev–Trinajstić information content (AvgIpc) is 2.35. The molecule has 0 atom stereocenters. The first-order valence-electron chi connectivity index (χ1n) is 6.18. The quantitative estimate of drug-likeness (QED) is 0.683. The number of nitrogens with two attached hydrogens (primary N) is 1. The minimum absolute atomic E-state index is 0.156. The van der Waals surface area contributed by atoms with Crippen molar-refractivity contribution in [2.24, 2.45) is 5.73 Å². The highest BCUT2D eigenvalue weighted by atomic mass is 32.2. The largest absolute Gasteiger partial charge is 0.350 e. The fourth-order valence-corrected chi connectivity index (χ4v) is 2.87. The fourth-order valence-electron chi connectivity index (χ4n) is 1.98. The Labute approximate surface area is 107 Å². The molecule has 1 rings (SSSR count). The Balaban J connectivity index is 2.29.